The molecule has 1 heterocycles. The number of carbonyl (C=O) groups is 1. The van der Waals surface area contributed by atoms with Gasteiger partial charge < -0.3 is 10.1 Å². The van der Waals surface area contributed by atoms with Crippen molar-refractivity contribution in [3.05, 3.63) is 71.0 Å². The fraction of sp³-hybridized carbons (Fsp3) is 0.111. The molecule has 13 heteroatoms. The smallest absolute Gasteiger partial charge is 0.403 e. The van der Waals surface area contributed by atoms with Gasteiger partial charge in [-0.15, -0.1) is 24.5 Å². The van der Waals surface area contributed by atoms with Crippen LogP contribution in [0.4, 0.5) is 22.7 Å². The Kier molecular flexibility index (Phi) is 6.45. The van der Waals surface area contributed by atoms with E-state index in [1.165, 1.54) is 36.5 Å². The summed E-state index contributed by atoms with van der Waals surface area (Å²) in [4.78, 5) is 16.0. The Hall–Kier alpha value is -3.19. The lowest BCUT2D eigenvalue weighted by Crippen LogP contribution is -2.23. The van der Waals surface area contributed by atoms with Gasteiger partial charge in [0.15, 0.2) is 16.7 Å². The van der Waals surface area contributed by atoms with Crippen molar-refractivity contribution in [1.82, 2.24) is 10.3 Å². The van der Waals surface area contributed by atoms with Gasteiger partial charge in [0.1, 0.15) is 0 Å². The molecule has 1 aromatic heterocycles. The maximum absolute atomic E-state index is 13.4. The average Bonchev–Trinajstić information content (AvgIpc) is 3.19. The third-order valence-corrected chi connectivity index (χ3v) is 5.93. The third-order valence-electron chi connectivity index (χ3n) is 3.76. The van der Waals surface area contributed by atoms with Crippen molar-refractivity contribution in [2.75, 3.05) is 4.72 Å². The molecule has 3 rings (SSSR count). The van der Waals surface area contributed by atoms with E-state index in [1.54, 1.807) is 5.38 Å². The van der Waals surface area contributed by atoms with Crippen LogP contribution < -0.4 is 14.8 Å². The maximum atomic E-state index is 13.4. The van der Waals surface area contributed by atoms with Gasteiger partial charge >= 0.3 is 6.36 Å². The largest absolute Gasteiger partial charge is 0.573 e. The number of thiazole rings is 1. The van der Waals surface area contributed by atoms with Gasteiger partial charge in [-0.1, -0.05) is 6.07 Å². The number of amides is 1. The number of sulfonamides is 1. The standard InChI is InChI=1S/C18H13F4N3O4S2/c19-14-6-1-11(9-15(14)29-18(20,21)22)10-24-16(26)12-2-4-13(5-3-12)31(27,28)25-17-23-7-8-30-17/h1-9H,10H2,(H,23,25)(H,24,26). The van der Waals surface area contributed by atoms with Gasteiger partial charge in [0.05, 0.1) is 4.90 Å². The van der Waals surface area contributed by atoms with Crippen LogP contribution in [0.3, 0.4) is 0 Å². The summed E-state index contributed by atoms with van der Waals surface area (Å²) in [6, 6.07) is 7.79. The van der Waals surface area contributed by atoms with Gasteiger partial charge in [-0.25, -0.2) is 17.8 Å². The van der Waals surface area contributed by atoms with Crippen LogP contribution in [0.2, 0.25) is 0 Å². The minimum atomic E-state index is -5.06. The first-order valence-electron chi connectivity index (χ1n) is 8.38. The number of carbonyl (C=O) groups excluding carboxylic acids is 1. The number of ether oxygens (including phenoxy) is 1. The Morgan fingerprint density at radius 2 is 1.84 bits per heavy atom. The highest BCUT2D eigenvalue weighted by Crippen LogP contribution is 2.26. The predicted octanol–water partition coefficient (Wildman–Crippen LogP) is 3.91. The topological polar surface area (TPSA) is 97.4 Å². The highest BCUT2D eigenvalue weighted by molar-refractivity contribution is 7.93. The van der Waals surface area contributed by atoms with Gasteiger partial charge in [0.25, 0.3) is 15.9 Å². The summed E-state index contributed by atoms with van der Waals surface area (Å²) < 4.78 is 80.8. The number of benzene rings is 2. The Morgan fingerprint density at radius 1 is 1.13 bits per heavy atom. The zero-order chi connectivity index (χ0) is 22.6. The van der Waals surface area contributed by atoms with Gasteiger partial charge in [0.2, 0.25) is 0 Å². The molecule has 0 bridgehead atoms. The van der Waals surface area contributed by atoms with E-state index in [0.717, 1.165) is 23.5 Å². The minimum Gasteiger partial charge on any atom is -0.403 e. The van der Waals surface area contributed by atoms with Gasteiger partial charge in [-0.2, -0.15) is 0 Å². The summed E-state index contributed by atoms with van der Waals surface area (Å²) in [7, 11) is -3.88. The normalized spacial score (nSPS) is 11.7. The molecule has 0 unspecified atom stereocenters. The van der Waals surface area contributed by atoms with Crippen molar-refractivity contribution < 1.29 is 35.5 Å². The molecule has 0 fully saturated rings. The fourth-order valence-corrected chi connectivity index (χ4v) is 4.17. The molecule has 164 valence electrons. The van der Waals surface area contributed by atoms with E-state index in [9.17, 15) is 30.8 Å². The molecular formula is C18H13F4N3O4S2. The second kappa shape index (κ2) is 8.89. The Morgan fingerprint density at radius 3 is 2.45 bits per heavy atom. The van der Waals surface area contributed by atoms with E-state index >= 15 is 0 Å². The quantitative estimate of drug-likeness (QED) is 0.505. The molecular weight excluding hydrogens is 462 g/mol. The number of halogens is 4. The monoisotopic (exact) mass is 475 g/mol. The highest BCUT2D eigenvalue weighted by Gasteiger charge is 2.32. The summed E-state index contributed by atoms with van der Waals surface area (Å²) in [5.74, 6) is -2.82. The van der Waals surface area contributed by atoms with E-state index in [2.05, 4.69) is 19.8 Å². The van der Waals surface area contributed by atoms with Crippen molar-refractivity contribution in [3.63, 3.8) is 0 Å². The number of aromatic nitrogens is 1. The van der Waals surface area contributed by atoms with E-state index in [1.807, 2.05) is 0 Å². The van der Waals surface area contributed by atoms with Gasteiger partial charge in [-0.05, 0) is 42.0 Å². The van der Waals surface area contributed by atoms with Crippen molar-refractivity contribution >= 4 is 32.4 Å². The van der Waals surface area contributed by atoms with Gasteiger partial charge in [-0.3, -0.25) is 9.52 Å². The molecule has 0 spiro atoms. The summed E-state index contributed by atoms with van der Waals surface area (Å²) >= 11 is 1.10. The summed E-state index contributed by atoms with van der Waals surface area (Å²) in [5, 5.41) is 4.24. The molecule has 0 radical (unpaired) electrons. The highest BCUT2D eigenvalue weighted by atomic mass is 32.2. The number of nitrogens with zero attached hydrogens (tertiary/aromatic N) is 1. The molecule has 3 aromatic rings. The lowest BCUT2D eigenvalue weighted by Gasteiger charge is -2.12. The number of hydrogen-bond acceptors (Lipinski definition) is 6. The summed E-state index contributed by atoms with van der Waals surface area (Å²) in [6.07, 6.45) is -3.62. The van der Waals surface area contributed by atoms with Crippen molar-refractivity contribution in [2.45, 2.75) is 17.8 Å². The third kappa shape index (κ3) is 6.15. The zero-order valence-electron chi connectivity index (χ0n) is 15.3. The average molecular weight is 475 g/mol. The van der Waals surface area contributed by atoms with Gasteiger partial charge in [0, 0.05) is 23.7 Å². The van der Waals surface area contributed by atoms with Crippen molar-refractivity contribution in [3.8, 4) is 5.75 Å². The lowest BCUT2D eigenvalue weighted by molar-refractivity contribution is -0.275. The first-order valence-corrected chi connectivity index (χ1v) is 10.7. The van der Waals surface area contributed by atoms with E-state index in [4.69, 9.17) is 0 Å². The van der Waals surface area contributed by atoms with E-state index in [0.29, 0.717) is 0 Å². The first kappa shape index (κ1) is 22.5. The molecule has 2 N–H and O–H groups in total. The van der Waals surface area contributed by atoms with Crippen LogP contribution in [0.15, 0.2) is 58.9 Å². The maximum Gasteiger partial charge on any atom is 0.573 e. The van der Waals surface area contributed by atoms with Crippen LogP contribution in [0.1, 0.15) is 15.9 Å². The number of rotatable bonds is 7. The van der Waals surface area contributed by atoms with Crippen molar-refractivity contribution in [1.29, 1.82) is 0 Å². The zero-order valence-corrected chi connectivity index (χ0v) is 16.9. The molecule has 0 saturated carbocycles. The van der Waals surface area contributed by atoms with Crippen molar-refractivity contribution in [2.24, 2.45) is 0 Å². The van der Waals surface area contributed by atoms with Crippen LogP contribution in [0.5, 0.6) is 5.75 Å². The van der Waals surface area contributed by atoms with Crippen LogP contribution in [-0.4, -0.2) is 25.7 Å². The Bertz CT molecular complexity index is 1170. The molecule has 0 aliphatic rings. The number of hydrogen-bond donors (Lipinski definition) is 2. The van der Waals surface area contributed by atoms with Crippen LogP contribution in [0.25, 0.3) is 0 Å². The molecule has 0 saturated heterocycles. The van der Waals surface area contributed by atoms with E-state index < -0.39 is 33.9 Å². The Labute approximate surface area is 177 Å². The molecule has 0 atom stereocenters. The lowest BCUT2D eigenvalue weighted by atomic mass is 10.2. The second-order valence-electron chi connectivity index (χ2n) is 5.96. The number of nitrogens with one attached hydrogen (secondary N) is 2. The van der Waals surface area contributed by atoms with Crippen LogP contribution >= 0.6 is 11.3 Å². The molecule has 0 aliphatic heterocycles. The van der Waals surface area contributed by atoms with E-state index in [-0.39, 0.29) is 27.7 Å². The predicted molar refractivity (Wildman–Crippen MR) is 104 cm³/mol. The fourth-order valence-electron chi connectivity index (χ4n) is 2.38. The SMILES string of the molecule is O=C(NCc1ccc(F)c(OC(F)(F)F)c1)c1ccc(S(=O)(=O)Nc2nccs2)cc1. The molecule has 1 amide bonds. The van der Waals surface area contributed by atoms with Crippen LogP contribution in [0, 0.1) is 5.82 Å². The first-order chi connectivity index (χ1) is 14.5. The second-order valence-corrected chi connectivity index (χ2v) is 8.54. The molecule has 2 aromatic carbocycles. The molecule has 7 nitrogen and oxygen atoms in total. The molecule has 0 aliphatic carbocycles. The summed E-state index contributed by atoms with van der Waals surface area (Å²) in [6.45, 7) is -0.209. The number of anilines is 1. The van der Waals surface area contributed by atoms with Crippen LogP contribution in [-0.2, 0) is 16.6 Å². The number of alkyl halides is 3. The minimum absolute atomic E-state index is 0.0910. The molecule has 31 heavy (non-hydrogen) atoms. The summed E-state index contributed by atoms with van der Waals surface area (Å²) in [5.41, 5.74) is 0.280. The Balaban J connectivity index is 1.64.